The van der Waals surface area contributed by atoms with Crippen LogP contribution in [0, 0.1) is 5.92 Å². The highest BCUT2D eigenvalue weighted by atomic mass is 16.2. The number of aromatic nitrogens is 1. The summed E-state index contributed by atoms with van der Waals surface area (Å²) in [5.74, 6) is 0.305. The molecule has 1 aliphatic rings. The third-order valence-corrected chi connectivity index (χ3v) is 6.42. The second-order valence-electron chi connectivity index (χ2n) is 8.43. The molecule has 2 N–H and O–H groups in total. The Labute approximate surface area is 183 Å². The van der Waals surface area contributed by atoms with Gasteiger partial charge in [-0.25, -0.2) is 0 Å². The minimum Gasteiger partial charge on any atom is -0.361 e. The summed E-state index contributed by atoms with van der Waals surface area (Å²) in [6.45, 7) is 5.08. The molecule has 0 saturated heterocycles. The fourth-order valence-corrected chi connectivity index (χ4v) is 4.60. The highest BCUT2D eigenvalue weighted by Crippen LogP contribution is 2.40. The first-order valence-electron chi connectivity index (χ1n) is 11.4. The number of amides is 2. The van der Waals surface area contributed by atoms with Gasteiger partial charge in [-0.1, -0.05) is 69.5 Å². The summed E-state index contributed by atoms with van der Waals surface area (Å²) in [5, 5.41) is 4.16. The molecule has 5 heteroatoms. The zero-order valence-corrected chi connectivity index (χ0v) is 18.4. The normalized spacial score (nSPS) is 16.5. The lowest BCUT2D eigenvalue weighted by Crippen LogP contribution is -2.41. The molecule has 0 bridgehead atoms. The fourth-order valence-electron chi connectivity index (χ4n) is 4.60. The number of nitrogens with one attached hydrogen (secondary N) is 2. The van der Waals surface area contributed by atoms with E-state index in [-0.39, 0.29) is 24.4 Å². The van der Waals surface area contributed by atoms with Gasteiger partial charge < -0.3 is 15.2 Å². The van der Waals surface area contributed by atoms with Gasteiger partial charge in [0.05, 0.1) is 6.04 Å². The lowest BCUT2D eigenvalue weighted by molar-refractivity contribution is -0.122. The summed E-state index contributed by atoms with van der Waals surface area (Å²) in [6, 6.07) is 15.5. The first-order valence-corrected chi connectivity index (χ1v) is 11.4. The van der Waals surface area contributed by atoms with Crippen LogP contribution in [0.1, 0.15) is 67.1 Å². The standard InChI is InChI=1S/C26H31N3O2/c1-3-5-10-18(4-2)15-28-24(30)17-29-25(20-12-6-7-13-21(20)26(29)31)22-16-27-23-14-9-8-11-19(22)23/h6-9,11-14,16,18,25,27H,3-5,10,15,17H2,1-2H3,(H,28,30)/t18-,25+/m0/s1. The molecule has 162 valence electrons. The number of unbranched alkanes of at least 4 members (excludes halogenated alkanes) is 1. The number of fused-ring (bicyclic) bond motifs is 2. The van der Waals surface area contributed by atoms with Crippen molar-refractivity contribution in [1.82, 2.24) is 15.2 Å². The van der Waals surface area contributed by atoms with Crippen LogP contribution in [0.5, 0.6) is 0 Å². The molecule has 2 aromatic carbocycles. The number of rotatable bonds is 9. The summed E-state index contributed by atoms with van der Waals surface area (Å²) in [7, 11) is 0. The number of para-hydroxylation sites is 1. The third kappa shape index (κ3) is 4.22. The van der Waals surface area contributed by atoms with Gasteiger partial charge in [-0.15, -0.1) is 0 Å². The number of benzene rings is 2. The number of nitrogens with zero attached hydrogens (tertiary/aromatic N) is 1. The maximum absolute atomic E-state index is 13.2. The molecule has 2 atom stereocenters. The maximum Gasteiger partial charge on any atom is 0.255 e. The van der Waals surface area contributed by atoms with E-state index in [2.05, 4.69) is 30.2 Å². The minimum atomic E-state index is -0.271. The summed E-state index contributed by atoms with van der Waals surface area (Å²) in [6.07, 6.45) is 6.48. The predicted octanol–water partition coefficient (Wildman–Crippen LogP) is 5.05. The molecule has 1 aromatic heterocycles. The van der Waals surface area contributed by atoms with E-state index in [0.29, 0.717) is 18.0 Å². The van der Waals surface area contributed by atoms with E-state index in [9.17, 15) is 9.59 Å². The van der Waals surface area contributed by atoms with Crippen LogP contribution < -0.4 is 5.32 Å². The molecule has 31 heavy (non-hydrogen) atoms. The zero-order valence-electron chi connectivity index (χ0n) is 18.4. The van der Waals surface area contributed by atoms with Crippen LogP contribution in [0.4, 0.5) is 0 Å². The van der Waals surface area contributed by atoms with Crippen molar-refractivity contribution in [2.24, 2.45) is 5.92 Å². The zero-order chi connectivity index (χ0) is 21.8. The van der Waals surface area contributed by atoms with Crippen molar-refractivity contribution in [3.8, 4) is 0 Å². The predicted molar refractivity (Wildman–Crippen MR) is 124 cm³/mol. The van der Waals surface area contributed by atoms with Crippen LogP contribution in [-0.4, -0.2) is 34.8 Å². The van der Waals surface area contributed by atoms with Gasteiger partial charge in [-0.3, -0.25) is 9.59 Å². The van der Waals surface area contributed by atoms with Gasteiger partial charge in [0.15, 0.2) is 0 Å². The van der Waals surface area contributed by atoms with Crippen LogP contribution in [0.2, 0.25) is 0 Å². The Kier molecular flexibility index (Phi) is 6.40. The number of carbonyl (C=O) groups is 2. The van der Waals surface area contributed by atoms with Crippen molar-refractivity contribution in [3.05, 3.63) is 71.4 Å². The van der Waals surface area contributed by atoms with Crippen LogP contribution in [-0.2, 0) is 4.79 Å². The first-order chi connectivity index (χ1) is 15.1. The van der Waals surface area contributed by atoms with E-state index in [0.717, 1.165) is 41.3 Å². The molecule has 2 amide bonds. The van der Waals surface area contributed by atoms with Crippen molar-refractivity contribution in [2.75, 3.05) is 13.1 Å². The van der Waals surface area contributed by atoms with E-state index in [1.54, 1.807) is 4.90 Å². The Bertz CT molecular complexity index is 1070. The molecule has 0 spiro atoms. The van der Waals surface area contributed by atoms with Gasteiger partial charge in [-0.2, -0.15) is 0 Å². The number of carbonyl (C=O) groups excluding carboxylic acids is 2. The summed E-state index contributed by atoms with van der Waals surface area (Å²) < 4.78 is 0. The van der Waals surface area contributed by atoms with Crippen LogP contribution in [0.3, 0.4) is 0 Å². The second-order valence-corrected chi connectivity index (χ2v) is 8.43. The lowest BCUT2D eigenvalue weighted by Gasteiger charge is -2.25. The van der Waals surface area contributed by atoms with Gasteiger partial charge in [0.2, 0.25) is 5.91 Å². The molecule has 2 heterocycles. The smallest absolute Gasteiger partial charge is 0.255 e. The van der Waals surface area contributed by atoms with Gasteiger partial charge in [0.25, 0.3) is 5.91 Å². The topological polar surface area (TPSA) is 65.2 Å². The van der Waals surface area contributed by atoms with Crippen LogP contribution in [0.25, 0.3) is 10.9 Å². The van der Waals surface area contributed by atoms with E-state index in [1.807, 2.05) is 48.7 Å². The van der Waals surface area contributed by atoms with Crippen LogP contribution in [0.15, 0.2) is 54.7 Å². The molecular formula is C26H31N3O2. The highest BCUT2D eigenvalue weighted by molar-refractivity contribution is 6.02. The Hall–Kier alpha value is -3.08. The van der Waals surface area contributed by atoms with Gasteiger partial charge in [0, 0.05) is 34.8 Å². The molecule has 1 aliphatic heterocycles. The molecule has 0 radical (unpaired) electrons. The summed E-state index contributed by atoms with van der Waals surface area (Å²) >= 11 is 0. The molecule has 0 aliphatic carbocycles. The Balaban J connectivity index is 1.57. The maximum atomic E-state index is 13.2. The number of hydrogen-bond acceptors (Lipinski definition) is 2. The Morgan fingerprint density at radius 2 is 1.87 bits per heavy atom. The van der Waals surface area contributed by atoms with E-state index < -0.39 is 0 Å². The van der Waals surface area contributed by atoms with Crippen LogP contribution >= 0.6 is 0 Å². The monoisotopic (exact) mass is 417 g/mol. The second kappa shape index (κ2) is 9.38. The number of hydrogen-bond donors (Lipinski definition) is 2. The molecule has 5 nitrogen and oxygen atoms in total. The number of aromatic amines is 1. The Morgan fingerprint density at radius 1 is 1.10 bits per heavy atom. The quantitative estimate of drug-likeness (QED) is 0.512. The summed E-state index contributed by atoms with van der Waals surface area (Å²) in [4.78, 5) is 31.1. The third-order valence-electron chi connectivity index (χ3n) is 6.42. The number of H-pyrrole nitrogens is 1. The molecule has 4 rings (SSSR count). The fraction of sp³-hybridized carbons (Fsp3) is 0.385. The first kappa shape index (κ1) is 21.2. The highest BCUT2D eigenvalue weighted by Gasteiger charge is 2.39. The Morgan fingerprint density at radius 3 is 2.68 bits per heavy atom. The average Bonchev–Trinajstić information content (AvgIpc) is 3.33. The molecule has 0 fully saturated rings. The van der Waals surface area contributed by atoms with Crippen molar-refractivity contribution < 1.29 is 9.59 Å². The van der Waals surface area contributed by atoms with E-state index in [1.165, 1.54) is 6.42 Å². The largest absolute Gasteiger partial charge is 0.361 e. The lowest BCUT2D eigenvalue weighted by atomic mass is 9.97. The van der Waals surface area contributed by atoms with Gasteiger partial charge in [-0.05, 0) is 30.0 Å². The van der Waals surface area contributed by atoms with Crippen molar-refractivity contribution in [3.63, 3.8) is 0 Å². The summed E-state index contributed by atoms with van der Waals surface area (Å²) in [5.41, 5.74) is 3.69. The molecule has 0 saturated carbocycles. The average molecular weight is 418 g/mol. The molecular weight excluding hydrogens is 386 g/mol. The van der Waals surface area contributed by atoms with Gasteiger partial charge in [0.1, 0.15) is 6.54 Å². The molecule has 0 unspecified atom stereocenters. The van der Waals surface area contributed by atoms with Crippen molar-refractivity contribution >= 4 is 22.7 Å². The van der Waals surface area contributed by atoms with E-state index >= 15 is 0 Å². The SMILES string of the molecule is CCCC[C@H](CC)CNC(=O)CN1C(=O)c2ccccc2[C@@H]1c1c[nH]c2ccccc12. The molecule has 3 aromatic rings. The van der Waals surface area contributed by atoms with Crippen molar-refractivity contribution in [1.29, 1.82) is 0 Å². The van der Waals surface area contributed by atoms with E-state index in [4.69, 9.17) is 0 Å². The minimum absolute atomic E-state index is 0.0574. The van der Waals surface area contributed by atoms with Gasteiger partial charge >= 0.3 is 0 Å². The van der Waals surface area contributed by atoms with Crippen molar-refractivity contribution in [2.45, 2.75) is 45.6 Å².